The zero-order valence-electron chi connectivity index (χ0n) is 23.4. The van der Waals surface area contributed by atoms with Crippen molar-refractivity contribution in [2.75, 3.05) is 19.6 Å². The number of H-pyrrole nitrogens is 1. The van der Waals surface area contributed by atoms with E-state index in [9.17, 15) is 18.0 Å². The van der Waals surface area contributed by atoms with Crippen molar-refractivity contribution in [1.29, 1.82) is 0 Å². The molecule has 1 N–H and O–H groups in total. The summed E-state index contributed by atoms with van der Waals surface area (Å²) in [6, 6.07) is 12.8. The summed E-state index contributed by atoms with van der Waals surface area (Å²) in [6.45, 7) is 1.76. The molecule has 9 nitrogen and oxygen atoms in total. The second-order valence-electron chi connectivity index (χ2n) is 11.7. The molecule has 0 spiro atoms. The van der Waals surface area contributed by atoms with E-state index in [1.807, 2.05) is 36.5 Å². The summed E-state index contributed by atoms with van der Waals surface area (Å²) in [4.78, 5) is 20.7. The van der Waals surface area contributed by atoms with E-state index in [1.54, 1.807) is 22.0 Å². The minimum atomic E-state index is -1.41. The molecule has 0 saturated carbocycles. The van der Waals surface area contributed by atoms with Gasteiger partial charge < -0.3 is 4.90 Å². The average Bonchev–Trinajstić information content (AvgIpc) is 3.65. The molecule has 2 saturated heterocycles. The van der Waals surface area contributed by atoms with Crippen LogP contribution in [0.15, 0.2) is 67.1 Å². The van der Waals surface area contributed by atoms with E-state index in [4.69, 9.17) is 0 Å². The second kappa shape index (κ2) is 10.6. The Morgan fingerprint density at radius 3 is 2.58 bits per heavy atom. The monoisotopic (exact) mass is 586 g/mol. The van der Waals surface area contributed by atoms with Gasteiger partial charge in [0, 0.05) is 47.9 Å². The van der Waals surface area contributed by atoms with E-state index >= 15 is 0 Å². The fraction of sp³-hybridized carbons (Fsp3) is 0.323. The molecule has 0 bridgehead atoms. The number of hydrogen-bond donors (Lipinski definition) is 1. The van der Waals surface area contributed by atoms with Crippen LogP contribution in [0, 0.1) is 11.6 Å². The lowest BCUT2D eigenvalue weighted by Gasteiger charge is -2.47. The molecule has 2 fully saturated rings. The number of nitrogens with one attached hydrogen (secondary N) is 1. The van der Waals surface area contributed by atoms with Gasteiger partial charge in [-0.1, -0.05) is 11.3 Å². The predicted molar refractivity (Wildman–Crippen MR) is 153 cm³/mol. The average molecular weight is 587 g/mol. The Labute approximate surface area is 245 Å². The van der Waals surface area contributed by atoms with Gasteiger partial charge in [0.15, 0.2) is 0 Å². The Kier molecular flexibility index (Phi) is 6.72. The van der Waals surface area contributed by atoms with Crippen LogP contribution in [-0.4, -0.2) is 77.2 Å². The van der Waals surface area contributed by atoms with Crippen molar-refractivity contribution < 1.29 is 18.0 Å². The van der Waals surface area contributed by atoms with Crippen LogP contribution in [0.4, 0.5) is 13.2 Å². The van der Waals surface area contributed by atoms with Gasteiger partial charge >= 0.3 is 0 Å². The van der Waals surface area contributed by atoms with Crippen LogP contribution in [0.3, 0.4) is 0 Å². The third kappa shape index (κ3) is 5.16. The molecule has 0 radical (unpaired) electrons. The zero-order chi connectivity index (χ0) is 29.7. The van der Waals surface area contributed by atoms with Gasteiger partial charge in [-0.2, -0.15) is 5.10 Å². The summed E-state index contributed by atoms with van der Waals surface area (Å²) in [6.07, 6.45) is 6.36. The molecular weight excluding hydrogens is 557 g/mol. The number of hydrogen-bond acceptors (Lipinski definition) is 6. The van der Waals surface area contributed by atoms with Gasteiger partial charge in [0.2, 0.25) is 5.91 Å². The van der Waals surface area contributed by atoms with Gasteiger partial charge in [-0.05, 0) is 62.2 Å². The summed E-state index contributed by atoms with van der Waals surface area (Å²) >= 11 is 0. The lowest BCUT2D eigenvalue weighted by Crippen LogP contribution is -2.63. The number of benzene rings is 2. The van der Waals surface area contributed by atoms with E-state index in [2.05, 4.69) is 25.5 Å². The molecule has 7 rings (SSSR count). The fourth-order valence-electron chi connectivity index (χ4n) is 6.21. The van der Waals surface area contributed by atoms with E-state index < -0.39 is 23.3 Å². The smallest absolute Gasteiger partial charge is 0.240 e. The first-order valence-corrected chi connectivity index (χ1v) is 14.2. The highest BCUT2D eigenvalue weighted by atomic mass is 19.1. The summed E-state index contributed by atoms with van der Waals surface area (Å²) in [5, 5.41) is 17.3. The summed E-state index contributed by atoms with van der Waals surface area (Å²) in [5.41, 5.74) is 2.62. The standard InChI is InChI=1S/C31H29F3N8O/c1-31(34)17-41(18-31)30(43)28-8-5-20(14-40(28)15-23-24(32)3-2-4-25(23)33)27-16-42(39-37-27)21-6-7-26-22(13-21)29(38-36-26)19-9-11-35-12-10-19/h2-4,6-7,9-13,16,20,28H,5,8,14-15,17-18H2,1H3,(H,36,38)/t20-,28+/m1/s1. The number of fused-ring (bicyclic) bond motifs is 1. The lowest BCUT2D eigenvalue weighted by atomic mass is 9.88. The number of aromatic amines is 1. The predicted octanol–water partition coefficient (Wildman–Crippen LogP) is 4.80. The van der Waals surface area contributed by atoms with Crippen LogP contribution in [0.5, 0.6) is 0 Å². The molecule has 5 heterocycles. The SMILES string of the molecule is CC1(F)CN(C(=O)[C@@H]2CC[C@@H](c3cn(-c4ccc5[nH]nc(-c6ccncc6)c5c4)nn3)CN2Cc2c(F)cccc2F)C1. The van der Waals surface area contributed by atoms with E-state index in [0.29, 0.717) is 25.1 Å². The Morgan fingerprint density at radius 1 is 1.07 bits per heavy atom. The highest BCUT2D eigenvalue weighted by molar-refractivity contribution is 5.94. The molecule has 1 amide bonds. The van der Waals surface area contributed by atoms with Crippen molar-refractivity contribution in [2.24, 2.45) is 0 Å². The Hall–Kier alpha value is -4.58. The molecule has 3 aromatic heterocycles. The van der Waals surface area contributed by atoms with Crippen molar-refractivity contribution in [2.45, 2.75) is 43.9 Å². The maximum absolute atomic E-state index is 14.7. The van der Waals surface area contributed by atoms with E-state index in [-0.39, 0.29) is 37.0 Å². The number of likely N-dealkylation sites (tertiary alicyclic amines) is 2. The second-order valence-corrected chi connectivity index (χ2v) is 11.7. The highest BCUT2D eigenvalue weighted by Crippen LogP contribution is 2.35. The molecule has 0 aliphatic carbocycles. The maximum atomic E-state index is 14.7. The van der Waals surface area contributed by atoms with Crippen molar-refractivity contribution in [3.05, 3.63) is 90.0 Å². The Bertz CT molecular complexity index is 1780. The van der Waals surface area contributed by atoms with Crippen LogP contribution in [-0.2, 0) is 11.3 Å². The molecule has 2 aromatic carbocycles. The maximum Gasteiger partial charge on any atom is 0.240 e. The van der Waals surface area contributed by atoms with Crippen molar-refractivity contribution >= 4 is 16.8 Å². The number of nitrogens with zero attached hydrogens (tertiary/aromatic N) is 7. The van der Waals surface area contributed by atoms with E-state index in [0.717, 1.165) is 27.8 Å². The summed E-state index contributed by atoms with van der Waals surface area (Å²) < 4.78 is 45.2. The Balaban J connectivity index is 1.15. The van der Waals surface area contributed by atoms with Gasteiger partial charge in [-0.3, -0.25) is 19.8 Å². The summed E-state index contributed by atoms with van der Waals surface area (Å²) in [5.74, 6) is -1.67. The van der Waals surface area contributed by atoms with Crippen LogP contribution in [0.2, 0.25) is 0 Å². The minimum absolute atomic E-state index is 0.0197. The molecular formula is C31H29F3N8O. The van der Waals surface area contributed by atoms with Crippen LogP contribution < -0.4 is 0 Å². The number of piperidine rings is 1. The number of aromatic nitrogens is 6. The number of halogens is 3. The molecule has 2 aliphatic heterocycles. The third-order valence-electron chi connectivity index (χ3n) is 8.44. The van der Waals surface area contributed by atoms with E-state index in [1.165, 1.54) is 30.0 Å². The number of carbonyl (C=O) groups is 1. The lowest BCUT2D eigenvalue weighted by molar-refractivity contribution is -0.151. The molecule has 5 aromatic rings. The summed E-state index contributed by atoms with van der Waals surface area (Å²) in [7, 11) is 0. The van der Waals surface area contributed by atoms with Crippen molar-refractivity contribution in [3.63, 3.8) is 0 Å². The largest absolute Gasteiger partial charge is 0.335 e. The van der Waals surface area contributed by atoms with Gasteiger partial charge in [0.1, 0.15) is 23.0 Å². The quantitative estimate of drug-likeness (QED) is 0.307. The van der Waals surface area contributed by atoms with Gasteiger partial charge in [-0.25, -0.2) is 17.9 Å². The zero-order valence-corrected chi connectivity index (χ0v) is 23.4. The first-order valence-electron chi connectivity index (χ1n) is 14.2. The van der Waals surface area contributed by atoms with Crippen LogP contribution in [0.25, 0.3) is 27.8 Å². The molecule has 2 atom stereocenters. The van der Waals surface area contributed by atoms with Crippen LogP contribution in [0.1, 0.15) is 36.9 Å². The number of amides is 1. The number of pyridine rings is 1. The van der Waals surface area contributed by atoms with Crippen LogP contribution >= 0.6 is 0 Å². The first-order chi connectivity index (χ1) is 20.8. The fourth-order valence-corrected chi connectivity index (χ4v) is 6.21. The highest BCUT2D eigenvalue weighted by Gasteiger charge is 2.46. The Morgan fingerprint density at radius 2 is 1.84 bits per heavy atom. The van der Waals surface area contributed by atoms with Crippen molar-refractivity contribution in [3.8, 4) is 16.9 Å². The molecule has 43 heavy (non-hydrogen) atoms. The molecule has 0 unspecified atom stereocenters. The molecule has 12 heteroatoms. The van der Waals surface area contributed by atoms with Crippen molar-refractivity contribution in [1.82, 2.24) is 40.0 Å². The first kappa shape index (κ1) is 27.3. The van der Waals surface area contributed by atoms with Gasteiger partial charge in [0.05, 0.1) is 42.2 Å². The normalized spacial score (nSPS) is 20.3. The number of carbonyl (C=O) groups excluding carboxylic acids is 1. The third-order valence-corrected chi connectivity index (χ3v) is 8.44. The van der Waals surface area contributed by atoms with Gasteiger partial charge in [0.25, 0.3) is 0 Å². The number of alkyl halides is 1. The van der Waals surface area contributed by atoms with Gasteiger partial charge in [-0.15, -0.1) is 5.10 Å². The molecule has 220 valence electrons. The topological polar surface area (TPSA) is 95.8 Å². The number of rotatable bonds is 6. The minimum Gasteiger partial charge on any atom is -0.335 e. The molecule has 2 aliphatic rings.